The molecule has 108 valence electrons. The van der Waals surface area contributed by atoms with Gasteiger partial charge < -0.3 is 14.2 Å². The van der Waals surface area contributed by atoms with Crippen LogP contribution in [0.4, 0.5) is 0 Å². The molecule has 0 aromatic heterocycles. The van der Waals surface area contributed by atoms with Gasteiger partial charge in [0.25, 0.3) is 0 Å². The number of hydrogen-bond acceptors (Lipinski definition) is 5. The minimum atomic E-state index is -0.156. The van der Waals surface area contributed by atoms with Crippen LogP contribution < -0.4 is 4.74 Å². The molecule has 0 aliphatic heterocycles. The molecular formula is C15H18O5. The normalized spacial score (nSPS) is 20.9. The number of carbonyl (C=O) groups is 2. The Hall–Kier alpha value is -1.88. The van der Waals surface area contributed by atoms with Crippen LogP contribution >= 0.6 is 0 Å². The first kappa shape index (κ1) is 14.5. The smallest absolute Gasteiger partial charge is 0.308 e. The van der Waals surface area contributed by atoms with Crippen molar-refractivity contribution in [3.8, 4) is 5.75 Å². The minimum absolute atomic E-state index is 0.0122. The number of aldehydes is 1. The molecule has 2 rings (SSSR count). The monoisotopic (exact) mass is 278 g/mol. The Balaban J connectivity index is 1.58. The number of rotatable bonds is 7. The molecule has 0 radical (unpaired) electrons. The number of benzene rings is 1. The van der Waals surface area contributed by atoms with Crippen molar-refractivity contribution in [1.29, 1.82) is 0 Å². The van der Waals surface area contributed by atoms with Crippen molar-refractivity contribution in [2.45, 2.75) is 18.9 Å². The third-order valence-electron chi connectivity index (χ3n) is 3.35. The maximum Gasteiger partial charge on any atom is 0.308 e. The third kappa shape index (κ3) is 3.81. The van der Waals surface area contributed by atoms with Crippen molar-refractivity contribution in [3.05, 3.63) is 29.8 Å². The molecule has 0 unspecified atom stereocenters. The fourth-order valence-corrected chi connectivity index (χ4v) is 2.08. The summed E-state index contributed by atoms with van der Waals surface area (Å²) in [4.78, 5) is 21.7. The number of methoxy groups -OCH3 is 1. The van der Waals surface area contributed by atoms with Gasteiger partial charge >= 0.3 is 5.97 Å². The van der Waals surface area contributed by atoms with E-state index in [1.807, 2.05) is 0 Å². The number of ether oxygens (including phenoxy) is 3. The molecular weight excluding hydrogens is 260 g/mol. The number of hydrogen-bond donors (Lipinski definition) is 0. The van der Waals surface area contributed by atoms with Crippen LogP contribution in [-0.2, 0) is 14.3 Å². The predicted molar refractivity (Wildman–Crippen MR) is 71.8 cm³/mol. The van der Waals surface area contributed by atoms with Crippen molar-refractivity contribution in [1.82, 2.24) is 0 Å². The molecule has 1 saturated carbocycles. The molecule has 0 saturated heterocycles. The van der Waals surface area contributed by atoms with Crippen molar-refractivity contribution in [2.24, 2.45) is 5.92 Å². The largest absolute Gasteiger partial charge is 0.491 e. The zero-order valence-corrected chi connectivity index (χ0v) is 11.4. The molecule has 0 atom stereocenters. The zero-order chi connectivity index (χ0) is 14.4. The van der Waals surface area contributed by atoms with Crippen molar-refractivity contribution >= 4 is 12.3 Å². The van der Waals surface area contributed by atoms with E-state index in [1.165, 1.54) is 7.11 Å². The van der Waals surface area contributed by atoms with Gasteiger partial charge in [-0.1, -0.05) is 0 Å². The van der Waals surface area contributed by atoms with Crippen molar-refractivity contribution in [3.63, 3.8) is 0 Å². The van der Waals surface area contributed by atoms with Gasteiger partial charge in [-0.05, 0) is 37.1 Å². The van der Waals surface area contributed by atoms with Crippen LogP contribution in [0.1, 0.15) is 23.2 Å². The van der Waals surface area contributed by atoms with Crippen LogP contribution in [0, 0.1) is 5.92 Å². The molecule has 0 N–H and O–H groups in total. The average Bonchev–Trinajstić information content (AvgIpc) is 2.45. The lowest BCUT2D eigenvalue weighted by Crippen LogP contribution is -2.37. The molecule has 0 spiro atoms. The summed E-state index contributed by atoms with van der Waals surface area (Å²) in [5.41, 5.74) is 0.622. The number of esters is 1. The maximum absolute atomic E-state index is 11.2. The first-order valence-electron chi connectivity index (χ1n) is 6.60. The second-order valence-electron chi connectivity index (χ2n) is 4.72. The summed E-state index contributed by atoms with van der Waals surface area (Å²) in [6.07, 6.45) is 2.36. The SMILES string of the molecule is COC(=O)C1CC(OCCOc2ccc(C=O)cc2)C1. The zero-order valence-electron chi connectivity index (χ0n) is 11.4. The van der Waals surface area contributed by atoms with Crippen LogP contribution in [0.5, 0.6) is 5.75 Å². The van der Waals surface area contributed by atoms with E-state index in [9.17, 15) is 9.59 Å². The van der Waals surface area contributed by atoms with E-state index in [0.29, 0.717) is 24.5 Å². The highest BCUT2D eigenvalue weighted by molar-refractivity contribution is 5.74. The lowest BCUT2D eigenvalue weighted by molar-refractivity contribution is -0.155. The van der Waals surface area contributed by atoms with E-state index in [1.54, 1.807) is 24.3 Å². The summed E-state index contributed by atoms with van der Waals surface area (Å²) in [5, 5.41) is 0. The Kier molecular flexibility index (Phi) is 5.12. The summed E-state index contributed by atoms with van der Waals surface area (Å²) in [5.74, 6) is 0.540. The van der Waals surface area contributed by atoms with Gasteiger partial charge in [-0.15, -0.1) is 0 Å². The van der Waals surface area contributed by atoms with Gasteiger partial charge in [0.1, 0.15) is 18.6 Å². The lowest BCUT2D eigenvalue weighted by Gasteiger charge is -2.32. The van der Waals surface area contributed by atoms with Gasteiger partial charge in [-0.3, -0.25) is 9.59 Å². The summed E-state index contributed by atoms with van der Waals surface area (Å²) < 4.78 is 15.7. The molecule has 0 heterocycles. The standard InChI is InChI=1S/C15H18O5/c1-18-15(17)12-8-14(9-12)20-7-6-19-13-4-2-11(10-16)3-5-13/h2-5,10,12,14H,6-9H2,1H3. The summed E-state index contributed by atoms with van der Waals surface area (Å²) >= 11 is 0. The van der Waals surface area contributed by atoms with Crippen molar-refractivity contribution in [2.75, 3.05) is 20.3 Å². The van der Waals surface area contributed by atoms with Gasteiger partial charge in [0, 0.05) is 5.56 Å². The van der Waals surface area contributed by atoms with Gasteiger partial charge in [0.05, 0.1) is 25.7 Å². The molecule has 5 heteroatoms. The molecule has 1 fully saturated rings. The Morgan fingerprint density at radius 3 is 2.55 bits per heavy atom. The van der Waals surface area contributed by atoms with E-state index >= 15 is 0 Å². The second kappa shape index (κ2) is 7.05. The highest BCUT2D eigenvalue weighted by Crippen LogP contribution is 2.30. The summed E-state index contributed by atoms with van der Waals surface area (Å²) in [6, 6.07) is 6.91. The van der Waals surface area contributed by atoms with E-state index in [2.05, 4.69) is 4.74 Å². The highest BCUT2D eigenvalue weighted by atomic mass is 16.5. The van der Waals surface area contributed by atoms with Crippen LogP contribution in [-0.4, -0.2) is 38.7 Å². The topological polar surface area (TPSA) is 61.8 Å². The highest BCUT2D eigenvalue weighted by Gasteiger charge is 2.35. The Bertz CT molecular complexity index is 448. The maximum atomic E-state index is 11.2. The fraction of sp³-hybridized carbons (Fsp3) is 0.467. The molecule has 5 nitrogen and oxygen atoms in total. The first-order valence-corrected chi connectivity index (χ1v) is 6.60. The molecule has 0 bridgehead atoms. The predicted octanol–water partition coefficient (Wildman–Crippen LogP) is 1.85. The molecule has 0 amide bonds. The Morgan fingerprint density at radius 2 is 1.95 bits per heavy atom. The van der Waals surface area contributed by atoms with Gasteiger partial charge in [0.15, 0.2) is 0 Å². The third-order valence-corrected chi connectivity index (χ3v) is 3.35. The molecule has 1 aromatic carbocycles. The van der Waals surface area contributed by atoms with Crippen LogP contribution in [0.3, 0.4) is 0 Å². The second-order valence-corrected chi connectivity index (χ2v) is 4.72. The van der Waals surface area contributed by atoms with Crippen LogP contribution in [0.15, 0.2) is 24.3 Å². The lowest BCUT2D eigenvalue weighted by atomic mass is 9.82. The minimum Gasteiger partial charge on any atom is -0.491 e. The quantitative estimate of drug-likeness (QED) is 0.433. The molecule has 1 aromatic rings. The van der Waals surface area contributed by atoms with E-state index in [4.69, 9.17) is 9.47 Å². The van der Waals surface area contributed by atoms with Gasteiger partial charge in [-0.25, -0.2) is 0 Å². The van der Waals surface area contributed by atoms with Crippen molar-refractivity contribution < 1.29 is 23.8 Å². The Labute approximate surface area is 117 Å². The van der Waals surface area contributed by atoms with E-state index in [-0.39, 0.29) is 18.0 Å². The molecule has 1 aliphatic carbocycles. The fourth-order valence-electron chi connectivity index (χ4n) is 2.08. The number of carbonyl (C=O) groups excluding carboxylic acids is 2. The van der Waals surface area contributed by atoms with E-state index in [0.717, 1.165) is 19.1 Å². The molecule has 20 heavy (non-hydrogen) atoms. The first-order chi connectivity index (χ1) is 9.72. The summed E-state index contributed by atoms with van der Waals surface area (Å²) in [6.45, 7) is 0.924. The Morgan fingerprint density at radius 1 is 1.25 bits per heavy atom. The molecule has 1 aliphatic rings. The van der Waals surface area contributed by atoms with Gasteiger partial charge in [-0.2, -0.15) is 0 Å². The van der Waals surface area contributed by atoms with Crippen LogP contribution in [0.25, 0.3) is 0 Å². The van der Waals surface area contributed by atoms with Crippen LogP contribution in [0.2, 0.25) is 0 Å². The summed E-state index contributed by atoms with van der Waals surface area (Å²) in [7, 11) is 1.40. The van der Waals surface area contributed by atoms with Gasteiger partial charge in [0.2, 0.25) is 0 Å². The average molecular weight is 278 g/mol. The van der Waals surface area contributed by atoms with E-state index < -0.39 is 0 Å².